The van der Waals surface area contributed by atoms with Gasteiger partial charge >= 0.3 is 0 Å². The Morgan fingerprint density at radius 3 is 2.83 bits per heavy atom. The van der Waals surface area contributed by atoms with Crippen molar-refractivity contribution in [1.82, 2.24) is 0 Å². The third-order valence-corrected chi connectivity index (χ3v) is 3.47. The molecule has 0 unspecified atom stereocenters. The number of ether oxygens (including phenoxy) is 2. The number of Topliss-reactive ketones (excluding diaryl/α,β-unsaturated/α-hetero) is 2. The summed E-state index contributed by atoms with van der Waals surface area (Å²) in [6.07, 6.45) is 1.64. The van der Waals surface area contributed by atoms with E-state index in [2.05, 4.69) is 0 Å². The Kier molecular flexibility index (Phi) is 4.17. The van der Waals surface area contributed by atoms with E-state index in [1.54, 1.807) is 42.5 Å². The maximum absolute atomic E-state index is 12.3. The molecule has 0 saturated carbocycles. The van der Waals surface area contributed by atoms with Gasteiger partial charge in [-0.05, 0) is 42.8 Å². The zero-order chi connectivity index (χ0) is 16.4. The zero-order valence-corrected chi connectivity index (χ0v) is 13.1. The molecule has 1 aliphatic heterocycles. The topological polar surface area (TPSA) is 52.6 Å². The Bertz CT molecular complexity index is 824. The molecule has 23 heavy (non-hydrogen) atoms. The van der Waals surface area contributed by atoms with Crippen molar-refractivity contribution in [1.29, 1.82) is 0 Å². The SMILES string of the molecule is CC(=O)COc1ccc2c(c1)O/C(=C/c1cccc(Cl)c1)C2=O. The summed E-state index contributed by atoms with van der Waals surface area (Å²) in [6.45, 7) is 1.43. The molecule has 3 rings (SSSR count). The number of carbonyl (C=O) groups is 2. The maximum Gasteiger partial charge on any atom is 0.231 e. The molecule has 0 fully saturated rings. The van der Waals surface area contributed by atoms with Gasteiger partial charge in [0.15, 0.2) is 11.5 Å². The molecule has 1 aliphatic rings. The summed E-state index contributed by atoms with van der Waals surface area (Å²) in [5, 5.41) is 0.585. The summed E-state index contributed by atoms with van der Waals surface area (Å²) in [5.41, 5.74) is 1.25. The number of hydrogen-bond donors (Lipinski definition) is 0. The highest BCUT2D eigenvalue weighted by molar-refractivity contribution is 6.30. The summed E-state index contributed by atoms with van der Waals surface area (Å²) in [6, 6.07) is 12.0. The summed E-state index contributed by atoms with van der Waals surface area (Å²) in [4.78, 5) is 23.3. The average molecular weight is 329 g/mol. The van der Waals surface area contributed by atoms with Crippen molar-refractivity contribution in [2.24, 2.45) is 0 Å². The van der Waals surface area contributed by atoms with Crippen LogP contribution in [-0.4, -0.2) is 18.2 Å². The first-order valence-electron chi connectivity index (χ1n) is 6.99. The Morgan fingerprint density at radius 2 is 2.09 bits per heavy atom. The van der Waals surface area contributed by atoms with E-state index in [1.165, 1.54) is 6.92 Å². The minimum Gasteiger partial charge on any atom is -0.486 e. The van der Waals surface area contributed by atoms with E-state index >= 15 is 0 Å². The quantitative estimate of drug-likeness (QED) is 0.798. The van der Waals surface area contributed by atoms with Gasteiger partial charge in [-0.1, -0.05) is 23.7 Å². The number of fused-ring (bicyclic) bond motifs is 1. The molecule has 0 amide bonds. The normalized spacial score (nSPS) is 14.5. The van der Waals surface area contributed by atoms with Gasteiger partial charge < -0.3 is 9.47 Å². The van der Waals surface area contributed by atoms with Gasteiger partial charge in [0.2, 0.25) is 5.78 Å². The van der Waals surface area contributed by atoms with E-state index in [-0.39, 0.29) is 23.9 Å². The summed E-state index contributed by atoms with van der Waals surface area (Å²) in [7, 11) is 0. The van der Waals surface area contributed by atoms with Crippen LogP contribution in [0.3, 0.4) is 0 Å². The van der Waals surface area contributed by atoms with Crippen molar-refractivity contribution >= 4 is 29.2 Å². The maximum atomic E-state index is 12.3. The monoisotopic (exact) mass is 328 g/mol. The fourth-order valence-electron chi connectivity index (χ4n) is 2.19. The van der Waals surface area contributed by atoms with Crippen LogP contribution in [0.1, 0.15) is 22.8 Å². The Labute approximate surface area is 138 Å². The Hall–Kier alpha value is -2.59. The lowest BCUT2D eigenvalue weighted by Gasteiger charge is -2.04. The second-order valence-corrected chi connectivity index (χ2v) is 5.58. The first-order valence-corrected chi connectivity index (χ1v) is 7.37. The van der Waals surface area contributed by atoms with E-state index in [0.29, 0.717) is 22.1 Å². The van der Waals surface area contributed by atoms with Crippen molar-refractivity contribution < 1.29 is 19.1 Å². The van der Waals surface area contributed by atoms with Crippen LogP contribution in [0.4, 0.5) is 0 Å². The van der Waals surface area contributed by atoms with Gasteiger partial charge in [0, 0.05) is 11.1 Å². The van der Waals surface area contributed by atoms with Crippen molar-refractivity contribution in [3.05, 3.63) is 64.4 Å². The lowest BCUT2D eigenvalue weighted by molar-refractivity contribution is -0.118. The summed E-state index contributed by atoms with van der Waals surface area (Å²) in [5.74, 6) is 0.855. The number of rotatable bonds is 4. The minimum atomic E-state index is -0.196. The second-order valence-electron chi connectivity index (χ2n) is 5.14. The van der Waals surface area contributed by atoms with Crippen LogP contribution >= 0.6 is 11.6 Å². The molecule has 5 heteroatoms. The molecule has 2 aromatic carbocycles. The van der Waals surface area contributed by atoms with Crippen LogP contribution in [0.5, 0.6) is 11.5 Å². The molecule has 0 aliphatic carbocycles. The van der Waals surface area contributed by atoms with Crippen LogP contribution in [0.2, 0.25) is 5.02 Å². The fraction of sp³-hybridized carbons (Fsp3) is 0.111. The molecule has 1 heterocycles. The largest absolute Gasteiger partial charge is 0.486 e. The molecule has 116 valence electrons. The standard InChI is InChI=1S/C18H13ClO4/c1-11(20)10-22-14-5-6-15-16(9-14)23-17(18(15)21)8-12-3-2-4-13(19)7-12/h2-9H,10H2,1H3/b17-8+. The van der Waals surface area contributed by atoms with E-state index in [0.717, 1.165) is 5.56 Å². The molecule has 0 spiro atoms. The lowest BCUT2D eigenvalue weighted by Crippen LogP contribution is -2.06. The number of halogens is 1. The van der Waals surface area contributed by atoms with Crippen molar-refractivity contribution in [2.75, 3.05) is 6.61 Å². The van der Waals surface area contributed by atoms with Crippen molar-refractivity contribution in [2.45, 2.75) is 6.92 Å². The molecule has 0 N–H and O–H groups in total. The zero-order valence-electron chi connectivity index (χ0n) is 12.3. The highest BCUT2D eigenvalue weighted by Crippen LogP contribution is 2.35. The van der Waals surface area contributed by atoms with Crippen LogP contribution < -0.4 is 9.47 Å². The fourth-order valence-corrected chi connectivity index (χ4v) is 2.39. The Morgan fingerprint density at radius 1 is 1.26 bits per heavy atom. The molecule has 0 radical (unpaired) electrons. The third kappa shape index (κ3) is 3.43. The number of ketones is 2. The first kappa shape index (κ1) is 15.3. The second kappa shape index (κ2) is 6.26. The van der Waals surface area contributed by atoms with Crippen LogP contribution in [-0.2, 0) is 4.79 Å². The number of benzene rings is 2. The van der Waals surface area contributed by atoms with Gasteiger partial charge in [-0.15, -0.1) is 0 Å². The predicted molar refractivity (Wildman–Crippen MR) is 87.0 cm³/mol. The minimum absolute atomic E-state index is 0.0159. The molecule has 2 aromatic rings. The number of carbonyl (C=O) groups excluding carboxylic acids is 2. The highest BCUT2D eigenvalue weighted by atomic mass is 35.5. The predicted octanol–water partition coefficient (Wildman–Crippen LogP) is 3.92. The van der Waals surface area contributed by atoms with Gasteiger partial charge in [-0.25, -0.2) is 0 Å². The molecule has 0 bridgehead atoms. The summed E-state index contributed by atoms with van der Waals surface area (Å²) >= 11 is 5.94. The molecular formula is C18H13ClO4. The smallest absolute Gasteiger partial charge is 0.231 e. The molecule has 0 saturated heterocycles. The number of hydrogen-bond acceptors (Lipinski definition) is 4. The van der Waals surface area contributed by atoms with Gasteiger partial charge in [-0.3, -0.25) is 9.59 Å². The van der Waals surface area contributed by atoms with E-state index in [4.69, 9.17) is 21.1 Å². The molecule has 0 atom stereocenters. The van der Waals surface area contributed by atoms with Crippen molar-refractivity contribution in [3.8, 4) is 11.5 Å². The first-order chi connectivity index (χ1) is 11.0. The number of allylic oxidation sites excluding steroid dienone is 1. The van der Waals surface area contributed by atoms with E-state index in [1.807, 2.05) is 6.07 Å². The van der Waals surface area contributed by atoms with Crippen LogP contribution in [0.15, 0.2) is 48.2 Å². The van der Waals surface area contributed by atoms with E-state index in [9.17, 15) is 9.59 Å². The van der Waals surface area contributed by atoms with Gasteiger partial charge in [0.25, 0.3) is 0 Å². The lowest BCUT2D eigenvalue weighted by atomic mass is 10.1. The Balaban J connectivity index is 1.85. The molecule has 0 aromatic heterocycles. The van der Waals surface area contributed by atoms with Gasteiger partial charge in [0.05, 0.1) is 5.56 Å². The van der Waals surface area contributed by atoms with Gasteiger partial charge in [-0.2, -0.15) is 0 Å². The molecule has 4 nitrogen and oxygen atoms in total. The van der Waals surface area contributed by atoms with E-state index < -0.39 is 0 Å². The van der Waals surface area contributed by atoms with Crippen molar-refractivity contribution in [3.63, 3.8) is 0 Å². The third-order valence-electron chi connectivity index (χ3n) is 3.23. The average Bonchev–Trinajstić information content (AvgIpc) is 2.81. The van der Waals surface area contributed by atoms with Crippen LogP contribution in [0.25, 0.3) is 6.08 Å². The molecular weight excluding hydrogens is 316 g/mol. The highest BCUT2D eigenvalue weighted by Gasteiger charge is 2.27. The van der Waals surface area contributed by atoms with Crippen LogP contribution in [0, 0.1) is 0 Å². The van der Waals surface area contributed by atoms with Gasteiger partial charge in [0.1, 0.15) is 18.1 Å². The summed E-state index contributed by atoms with van der Waals surface area (Å²) < 4.78 is 10.9.